The van der Waals surface area contributed by atoms with Crippen LogP contribution in [0, 0.1) is 0 Å². The summed E-state index contributed by atoms with van der Waals surface area (Å²) in [5.41, 5.74) is 6.59. The van der Waals surface area contributed by atoms with Crippen LogP contribution in [-0.2, 0) is 10.0 Å². The van der Waals surface area contributed by atoms with E-state index in [0.29, 0.717) is 25.5 Å². The maximum atomic E-state index is 11.6. The Bertz CT molecular complexity index is 591. The summed E-state index contributed by atoms with van der Waals surface area (Å²) in [6.45, 7) is 2.51. The van der Waals surface area contributed by atoms with Crippen LogP contribution < -0.4 is 15.8 Å². The van der Waals surface area contributed by atoms with Gasteiger partial charge in [-0.3, -0.25) is 4.99 Å². The summed E-state index contributed by atoms with van der Waals surface area (Å²) < 4.78 is 29.5. The van der Waals surface area contributed by atoms with Crippen LogP contribution in [0.2, 0.25) is 0 Å². The van der Waals surface area contributed by atoms with Gasteiger partial charge >= 0.3 is 0 Å². The summed E-state index contributed by atoms with van der Waals surface area (Å²) in [4.78, 5) is 4.17. The first kappa shape index (κ1) is 21.9. The summed E-state index contributed by atoms with van der Waals surface area (Å²) >= 11 is 0. The number of rotatable bonds is 8. The van der Waals surface area contributed by atoms with Crippen LogP contribution in [0.1, 0.15) is 13.3 Å². The molecule has 0 aliphatic rings. The van der Waals surface area contributed by atoms with Crippen molar-refractivity contribution in [3.05, 3.63) is 24.3 Å². The highest BCUT2D eigenvalue weighted by Crippen LogP contribution is 2.14. The molecule has 0 spiro atoms. The summed E-state index contributed by atoms with van der Waals surface area (Å²) in [6, 6.07) is 7.31. The highest BCUT2D eigenvalue weighted by Gasteiger charge is 2.13. The number of ether oxygens (including phenoxy) is 1. The normalized spacial score (nSPS) is 11.9. The zero-order chi connectivity index (χ0) is 16.6. The highest BCUT2D eigenvalue weighted by atomic mass is 127. The van der Waals surface area contributed by atoms with E-state index in [1.54, 1.807) is 21.1 Å². The second-order valence-corrected chi connectivity index (χ2v) is 7.06. The Morgan fingerprint density at radius 1 is 1.35 bits per heavy atom. The minimum Gasteiger partial charge on any atom is -0.497 e. The van der Waals surface area contributed by atoms with Gasteiger partial charge in [0.05, 0.1) is 12.9 Å². The third-order valence-corrected chi connectivity index (χ3v) is 4.98. The number of nitrogens with one attached hydrogen (secondary N) is 1. The molecule has 0 saturated carbocycles. The lowest BCUT2D eigenvalue weighted by atomic mass is 10.3. The van der Waals surface area contributed by atoms with Crippen molar-refractivity contribution < 1.29 is 13.2 Å². The first-order valence-electron chi connectivity index (χ1n) is 7.04. The van der Waals surface area contributed by atoms with E-state index < -0.39 is 10.0 Å². The molecule has 0 atom stereocenters. The molecule has 1 rings (SSSR count). The second-order valence-electron chi connectivity index (χ2n) is 4.70. The number of sulfonamides is 1. The Balaban J connectivity index is 0.00000484. The monoisotopic (exact) mass is 456 g/mol. The Hall–Kier alpha value is -1.07. The van der Waals surface area contributed by atoms with Crippen molar-refractivity contribution in [1.82, 2.24) is 4.31 Å². The average Bonchev–Trinajstić information content (AvgIpc) is 2.52. The molecule has 132 valence electrons. The number of guanidine groups is 1. The van der Waals surface area contributed by atoms with Gasteiger partial charge in [0.25, 0.3) is 0 Å². The largest absolute Gasteiger partial charge is 0.497 e. The first-order chi connectivity index (χ1) is 10.4. The molecule has 1 aromatic rings. The number of hydrogen-bond donors (Lipinski definition) is 2. The molecule has 0 radical (unpaired) electrons. The third kappa shape index (κ3) is 7.84. The topological polar surface area (TPSA) is 97.0 Å². The molecule has 0 aromatic heterocycles. The van der Waals surface area contributed by atoms with E-state index in [1.165, 1.54) is 4.31 Å². The standard InChI is InChI=1S/C14H24N4O3S.HI/c1-4-22(19,20)18(2)11-5-10-16-14(15)17-12-6-8-13(21-3)9-7-12;/h6-9H,4-5,10-11H2,1-3H3,(H3,15,16,17);1H. The molecule has 3 N–H and O–H groups in total. The first-order valence-corrected chi connectivity index (χ1v) is 8.65. The fourth-order valence-electron chi connectivity index (χ4n) is 1.71. The molecule has 0 heterocycles. The van der Waals surface area contributed by atoms with Crippen molar-refractivity contribution in [2.24, 2.45) is 10.7 Å². The van der Waals surface area contributed by atoms with Gasteiger partial charge in [-0.2, -0.15) is 0 Å². The molecule has 0 bridgehead atoms. The van der Waals surface area contributed by atoms with E-state index in [1.807, 2.05) is 24.3 Å². The SMILES string of the molecule is CCS(=O)(=O)N(C)CCCN=C(N)Nc1ccc(OC)cc1.I. The Morgan fingerprint density at radius 2 is 1.96 bits per heavy atom. The lowest BCUT2D eigenvalue weighted by Crippen LogP contribution is -2.30. The number of anilines is 1. The summed E-state index contributed by atoms with van der Waals surface area (Å²) in [6.07, 6.45) is 0.612. The van der Waals surface area contributed by atoms with Crippen molar-refractivity contribution in [1.29, 1.82) is 0 Å². The molecule has 0 saturated heterocycles. The van der Waals surface area contributed by atoms with Crippen LogP contribution in [0.4, 0.5) is 5.69 Å². The van der Waals surface area contributed by atoms with Gasteiger partial charge in [-0.05, 0) is 37.6 Å². The molecule has 9 heteroatoms. The molecule has 0 aliphatic heterocycles. The van der Waals surface area contributed by atoms with Crippen molar-refractivity contribution in [2.45, 2.75) is 13.3 Å². The maximum Gasteiger partial charge on any atom is 0.213 e. The lowest BCUT2D eigenvalue weighted by molar-refractivity contribution is 0.415. The number of benzene rings is 1. The van der Waals surface area contributed by atoms with Crippen LogP contribution in [0.25, 0.3) is 0 Å². The minimum absolute atomic E-state index is 0. The predicted molar refractivity (Wildman–Crippen MR) is 105 cm³/mol. The zero-order valence-electron chi connectivity index (χ0n) is 13.7. The van der Waals surface area contributed by atoms with Crippen molar-refractivity contribution >= 4 is 45.6 Å². The van der Waals surface area contributed by atoms with E-state index in [9.17, 15) is 8.42 Å². The van der Waals surface area contributed by atoms with E-state index in [-0.39, 0.29) is 29.7 Å². The number of hydrogen-bond acceptors (Lipinski definition) is 4. The summed E-state index contributed by atoms with van der Waals surface area (Å²) in [7, 11) is 0.0482. The quantitative estimate of drug-likeness (QED) is 0.269. The summed E-state index contributed by atoms with van der Waals surface area (Å²) in [5.74, 6) is 1.17. The number of nitrogens with zero attached hydrogens (tertiary/aromatic N) is 2. The fraction of sp³-hybridized carbons (Fsp3) is 0.500. The van der Waals surface area contributed by atoms with Gasteiger partial charge in [-0.25, -0.2) is 12.7 Å². The molecular weight excluding hydrogens is 431 g/mol. The summed E-state index contributed by atoms with van der Waals surface area (Å²) in [5, 5.41) is 2.96. The van der Waals surface area contributed by atoms with Gasteiger partial charge in [0.2, 0.25) is 10.0 Å². The number of halogens is 1. The van der Waals surface area contributed by atoms with E-state index in [0.717, 1.165) is 11.4 Å². The molecular formula is C14H25IN4O3S. The Morgan fingerprint density at radius 3 is 2.48 bits per heavy atom. The fourth-order valence-corrected chi connectivity index (χ4v) is 2.56. The molecule has 7 nitrogen and oxygen atoms in total. The van der Waals surface area contributed by atoms with E-state index in [2.05, 4.69) is 10.3 Å². The molecule has 1 aromatic carbocycles. The smallest absolute Gasteiger partial charge is 0.213 e. The number of methoxy groups -OCH3 is 1. The van der Waals surface area contributed by atoms with Gasteiger partial charge < -0.3 is 15.8 Å². The maximum absolute atomic E-state index is 11.6. The Labute approximate surface area is 155 Å². The second kappa shape index (κ2) is 10.7. The average molecular weight is 456 g/mol. The van der Waals surface area contributed by atoms with Gasteiger partial charge in [-0.1, -0.05) is 0 Å². The molecule has 0 aliphatic carbocycles. The van der Waals surface area contributed by atoms with E-state index in [4.69, 9.17) is 10.5 Å². The van der Waals surface area contributed by atoms with Gasteiger partial charge in [-0.15, -0.1) is 24.0 Å². The van der Waals surface area contributed by atoms with Crippen molar-refractivity contribution in [3.63, 3.8) is 0 Å². The number of nitrogens with two attached hydrogens (primary N) is 1. The lowest BCUT2D eigenvalue weighted by Gasteiger charge is -2.15. The Kier molecular flexibility index (Phi) is 10.2. The van der Waals surface area contributed by atoms with Crippen LogP contribution in [0.15, 0.2) is 29.3 Å². The highest BCUT2D eigenvalue weighted by molar-refractivity contribution is 14.0. The van der Waals surface area contributed by atoms with Crippen molar-refractivity contribution in [2.75, 3.05) is 38.3 Å². The van der Waals surface area contributed by atoms with Crippen LogP contribution in [0.5, 0.6) is 5.75 Å². The van der Waals surface area contributed by atoms with Crippen molar-refractivity contribution in [3.8, 4) is 5.75 Å². The minimum atomic E-state index is -3.13. The van der Waals surface area contributed by atoms with Gasteiger partial charge in [0, 0.05) is 25.8 Å². The number of aliphatic imine (C=N–C) groups is 1. The van der Waals surface area contributed by atoms with Gasteiger partial charge in [0.15, 0.2) is 5.96 Å². The van der Waals surface area contributed by atoms with Crippen LogP contribution in [-0.4, -0.2) is 51.7 Å². The van der Waals surface area contributed by atoms with Crippen LogP contribution >= 0.6 is 24.0 Å². The van der Waals surface area contributed by atoms with Gasteiger partial charge in [0.1, 0.15) is 5.75 Å². The third-order valence-electron chi connectivity index (χ3n) is 3.12. The van der Waals surface area contributed by atoms with Crippen LogP contribution in [0.3, 0.4) is 0 Å². The molecule has 0 amide bonds. The zero-order valence-corrected chi connectivity index (χ0v) is 16.8. The van der Waals surface area contributed by atoms with E-state index >= 15 is 0 Å². The molecule has 23 heavy (non-hydrogen) atoms. The molecule has 0 fully saturated rings. The predicted octanol–water partition coefficient (Wildman–Crippen LogP) is 1.71. The molecule has 0 unspecified atom stereocenters.